The van der Waals surface area contributed by atoms with Crippen LogP contribution in [0.3, 0.4) is 0 Å². The van der Waals surface area contributed by atoms with Crippen LogP contribution in [-0.2, 0) is 11.3 Å². The topological polar surface area (TPSA) is 59.2 Å². The third-order valence-corrected chi connectivity index (χ3v) is 4.61. The Balaban J connectivity index is 1.66. The van der Waals surface area contributed by atoms with E-state index in [9.17, 15) is 4.79 Å². The molecule has 3 rings (SSSR count). The predicted octanol–water partition coefficient (Wildman–Crippen LogP) is 1.47. The molecule has 5 heteroatoms. The zero-order chi connectivity index (χ0) is 11.8. The molecule has 1 unspecified atom stereocenters. The van der Waals surface area contributed by atoms with Crippen molar-refractivity contribution in [3.05, 3.63) is 16.1 Å². The Morgan fingerprint density at radius 3 is 3.06 bits per heavy atom. The number of likely N-dealkylation sites (tertiary alicyclic amines) is 1. The fourth-order valence-corrected chi connectivity index (χ4v) is 3.44. The van der Waals surface area contributed by atoms with Crippen molar-refractivity contribution in [3.63, 3.8) is 0 Å². The molecule has 0 bridgehead atoms. The number of thiazole rings is 1. The van der Waals surface area contributed by atoms with Crippen LogP contribution in [0.2, 0.25) is 0 Å². The average Bonchev–Trinajstić information content (AvgIpc) is 2.87. The van der Waals surface area contributed by atoms with Crippen molar-refractivity contribution in [1.82, 2.24) is 9.88 Å². The van der Waals surface area contributed by atoms with Gasteiger partial charge in [-0.25, -0.2) is 4.98 Å². The summed E-state index contributed by atoms with van der Waals surface area (Å²) in [5.41, 5.74) is 6.51. The van der Waals surface area contributed by atoms with Gasteiger partial charge in [0, 0.05) is 17.8 Å². The highest BCUT2D eigenvalue weighted by molar-refractivity contribution is 7.09. The molecule has 1 aromatic heterocycles. The van der Waals surface area contributed by atoms with Gasteiger partial charge in [-0.05, 0) is 32.2 Å². The van der Waals surface area contributed by atoms with Crippen molar-refractivity contribution in [2.75, 3.05) is 6.54 Å². The number of nitrogens with two attached hydrogens (primary N) is 1. The van der Waals surface area contributed by atoms with Crippen LogP contribution < -0.4 is 5.73 Å². The fraction of sp³-hybridized carbons (Fsp3) is 0.667. The van der Waals surface area contributed by atoms with Gasteiger partial charge in [-0.1, -0.05) is 0 Å². The lowest BCUT2D eigenvalue weighted by atomic mass is 10.2. The SMILES string of the molecule is NC(=O)C1CCCN1Cc1csc(C2CC2)n1. The summed E-state index contributed by atoms with van der Waals surface area (Å²) in [6.45, 7) is 1.74. The molecule has 4 nitrogen and oxygen atoms in total. The van der Waals surface area contributed by atoms with Crippen molar-refractivity contribution in [2.24, 2.45) is 5.73 Å². The molecule has 0 spiro atoms. The molecule has 2 N–H and O–H groups in total. The van der Waals surface area contributed by atoms with E-state index in [2.05, 4.69) is 15.3 Å². The maximum atomic E-state index is 11.3. The summed E-state index contributed by atoms with van der Waals surface area (Å²) in [6.07, 6.45) is 4.54. The van der Waals surface area contributed by atoms with Gasteiger partial charge < -0.3 is 5.73 Å². The fourth-order valence-electron chi connectivity index (χ4n) is 2.46. The van der Waals surface area contributed by atoms with Crippen LogP contribution in [0.4, 0.5) is 0 Å². The summed E-state index contributed by atoms with van der Waals surface area (Å²) in [4.78, 5) is 18.1. The summed E-state index contributed by atoms with van der Waals surface area (Å²) in [5, 5.41) is 3.40. The molecule has 1 atom stereocenters. The van der Waals surface area contributed by atoms with E-state index >= 15 is 0 Å². The van der Waals surface area contributed by atoms with E-state index in [4.69, 9.17) is 5.73 Å². The van der Waals surface area contributed by atoms with Crippen LogP contribution in [0.5, 0.6) is 0 Å². The van der Waals surface area contributed by atoms with E-state index in [0.29, 0.717) is 0 Å². The summed E-state index contributed by atoms with van der Waals surface area (Å²) >= 11 is 1.76. The van der Waals surface area contributed by atoms with Gasteiger partial charge in [0.15, 0.2) is 0 Å². The van der Waals surface area contributed by atoms with Gasteiger partial charge in [-0.2, -0.15) is 0 Å². The van der Waals surface area contributed by atoms with E-state index in [1.807, 2.05) is 0 Å². The van der Waals surface area contributed by atoms with Crippen LogP contribution in [0.15, 0.2) is 5.38 Å². The smallest absolute Gasteiger partial charge is 0.234 e. The van der Waals surface area contributed by atoms with Gasteiger partial charge in [0.05, 0.1) is 16.7 Å². The molecular formula is C12H17N3OS. The highest BCUT2D eigenvalue weighted by Gasteiger charge is 2.30. The summed E-state index contributed by atoms with van der Waals surface area (Å²) in [6, 6.07) is -0.0823. The number of amides is 1. The molecule has 0 aromatic carbocycles. The van der Waals surface area contributed by atoms with Gasteiger partial charge >= 0.3 is 0 Å². The van der Waals surface area contributed by atoms with Gasteiger partial charge in [0.2, 0.25) is 5.91 Å². The number of nitrogens with zero attached hydrogens (tertiary/aromatic N) is 2. The first kappa shape index (κ1) is 11.2. The van der Waals surface area contributed by atoms with E-state index in [1.54, 1.807) is 11.3 Å². The minimum atomic E-state index is -0.194. The van der Waals surface area contributed by atoms with Crippen LogP contribution in [0, 0.1) is 0 Å². The standard InChI is InChI=1S/C12H17N3OS/c13-11(16)10-2-1-5-15(10)6-9-7-17-12(14-9)8-3-4-8/h7-8,10H,1-6H2,(H2,13,16). The molecular weight excluding hydrogens is 234 g/mol. The predicted molar refractivity (Wildman–Crippen MR) is 66.7 cm³/mol. The number of rotatable bonds is 4. The maximum Gasteiger partial charge on any atom is 0.234 e. The molecule has 2 heterocycles. The molecule has 1 aromatic rings. The third-order valence-electron chi connectivity index (χ3n) is 3.55. The van der Waals surface area contributed by atoms with Crippen molar-refractivity contribution >= 4 is 17.2 Å². The Morgan fingerprint density at radius 2 is 2.35 bits per heavy atom. The Kier molecular flexibility index (Phi) is 2.88. The number of carbonyl (C=O) groups excluding carboxylic acids is 1. The van der Waals surface area contributed by atoms with E-state index in [-0.39, 0.29) is 11.9 Å². The second kappa shape index (κ2) is 4.38. The van der Waals surface area contributed by atoms with Crippen molar-refractivity contribution in [3.8, 4) is 0 Å². The molecule has 2 fully saturated rings. The summed E-state index contributed by atoms with van der Waals surface area (Å²) in [5.74, 6) is 0.527. The van der Waals surface area contributed by atoms with Crippen LogP contribution in [0.25, 0.3) is 0 Å². The van der Waals surface area contributed by atoms with Gasteiger partial charge in [0.25, 0.3) is 0 Å². The van der Waals surface area contributed by atoms with E-state index < -0.39 is 0 Å². The molecule has 1 saturated carbocycles. The van der Waals surface area contributed by atoms with Crippen LogP contribution in [0.1, 0.15) is 42.3 Å². The maximum absolute atomic E-state index is 11.3. The van der Waals surface area contributed by atoms with Gasteiger partial charge in [-0.15, -0.1) is 11.3 Å². The monoisotopic (exact) mass is 251 g/mol. The zero-order valence-electron chi connectivity index (χ0n) is 9.76. The molecule has 1 saturated heterocycles. The number of carbonyl (C=O) groups is 1. The van der Waals surface area contributed by atoms with Crippen molar-refractivity contribution in [1.29, 1.82) is 0 Å². The molecule has 17 heavy (non-hydrogen) atoms. The lowest BCUT2D eigenvalue weighted by Gasteiger charge is -2.20. The first-order valence-corrected chi connectivity index (χ1v) is 7.09. The van der Waals surface area contributed by atoms with Crippen molar-refractivity contribution < 1.29 is 4.79 Å². The molecule has 92 valence electrons. The molecule has 1 aliphatic carbocycles. The van der Waals surface area contributed by atoms with Crippen molar-refractivity contribution in [2.45, 2.75) is 44.2 Å². The minimum absolute atomic E-state index is 0.0823. The van der Waals surface area contributed by atoms with Gasteiger partial charge in [-0.3, -0.25) is 9.69 Å². The normalized spacial score (nSPS) is 25.3. The van der Waals surface area contributed by atoms with E-state index in [0.717, 1.165) is 37.5 Å². The Hall–Kier alpha value is -0.940. The van der Waals surface area contributed by atoms with Gasteiger partial charge in [0.1, 0.15) is 0 Å². The zero-order valence-corrected chi connectivity index (χ0v) is 10.6. The van der Waals surface area contributed by atoms with Crippen LogP contribution >= 0.6 is 11.3 Å². The number of hydrogen-bond donors (Lipinski definition) is 1. The molecule has 1 amide bonds. The third kappa shape index (κ3) is 2.35. The van der Waals surface area contributed by atoms with Crippen LogP contribution in [-0.4, -0.2) is 28.4 Å². The highest BCUT2D eigenvalue weighted by Crippen LogP contribution is 2.41. The summed E-state index contributed by atoms with van der Waals surface area (Å²) < 4.78 is 0. The quantitative estimate of drug-likeness (QED) is 0.881. The largest absolute Gasteiger partial charge is 0.368 e. The second-order valence-corrected chi connectivity index (χ2v) is 5.87. The Labute approximate surface area is 105 Å². The molecule has 1 aliphatic heterocycles. The second-order valence-electron chi connectivity index (χ2n) is 4.98. The Morgan fingerprint density at radius 1 is 1.53 bits per heavy atom. The highest BCUT2D eigenvalue weighted by atomic mass is 32.1. The number of hydrogen-bond acceptors (Lipinski definition) is 4. The Bertz CT molecular complexity index is 427. The number of primary amides is 1. The van der Waals surface area contributed by atoms with E-state index in [1.165, 1.54) is 17.8 Å². The number of aromatic nitrogens is 1. The minimum Gasteiger partial charge on any atom is -0.368 e. The first-order valence-electron chi connectivity index (χ1n) is 6.21. The average molecular weight is 251 g/mol. The molecule has 0 radical (unpaired) electrons. The first-order chi connectivity index (χ1) is 8.24. The lowest BCUT2D eigenvalue weighted by Crippen LogP contribution is -2.39. The lowest BCUT2D eigenvalue weighted by molar-refractivity contribution is -0.122. The summed E-state index contributed by atoms with van der Waals surface area (Å²) in [7, 11) is 0. The molecule has 2 aliphatic rings.